The van der Waals surface area contributed by atoms with Crippen LogP contribution in [-0.2, 0) is 10.2 Å². The van der Waals surface area contributed by atoms with Crippen LogP contribution in [0.5, 0.6) is 0 Å². The van der Waals surface area contributed by atoms with Crippen molar-refractivity contribution < 1.29 is 14.7 Å². The zero-order valence-corrected chi connectivity index (χ0v) is 14.3. The molecular weight excluding hydrogens is 310 g/mol. The average molecular weight is 331 g/mol. The molecule has 0 fully saturated rings. The number of benzene rings is 1. The zero-order chi connectivity index (χ0) is 17.0. The highest BCUT2D eigenvalue weighted by Gasteiger charge is 2.20. The van der Waals surface area contributed by atoms with E-state index in [1.165, 1.54) is 16.9 Å². The van der Waals surface area contributed by atoms with Crippen LogP contribution >= 0.6 is 11.3 Å². The van der Waals surface area contributed by atoms with Crippen LogP contribution in [0.1, 0.15) is 54.0 Å². The summed E-state index contributed by atoms with van der Waals surface area (Å²) in [6.07, 6.45) is -0.147. The molecule has 0 aliphatic carbocycles. The van der Waals surface area contributed by atoms with Gasteiger partial charge in [-0.2, -0.15) is 0 Å². The Morgan fingerprint density at radius 1 is 1.17 bits per heavy atom. The molecule has 0 bridgehead atoms. The molecule has 2 N–H and O–H groups in total. The average Bonchev–Trinajstić information content (AvgIpc) is 2.99. The number of carbonyl (C=O) groups excluding carboxylic acids is 1. The van der Waals surface area contributed by atoms with E-state index in [4.69, 9.17) is 5.11 Å². The second-order valence-corrected chi connectivity index (χ2v) is 7.42. The monoisotopic (exact) mass is 331 g/mol. The van der Waals surface area contributed by atoms with Crippen molar-refractivity contribution in [2.75, 3.05) is 0 Å². The van der Waals surface area contributed by atoms with Crippen LogP contribution in [0.4, 0.5) is 0 Å². The Kier molecular flexibility index (Phi) is 5.21. The van der Waals surface area contributed by atoms with Crippen LogP contribution in [0.25, 0.3) is 0 Å². The highest BCUT2D eigenvalue weighted by Crippen LogP contribution is 2.25. The van der Waals surface area contributed by atoms with E-state index in [9.17, 15) is 9.59 Å². The molecule has 5 heteroatoms. The molecule has 0 saturated heterocycles. The van der Waals surface area contributed by atoms with E-state index in [0.717, 1.165) is 5.56 Å². The third-order valence-electron chi connectivity index (χ3n) is 3.61. The molecule has 0 spiro atoms. The van der Waals surface area contributed by atoms with Crippen molar-refractivity contribution in [1.29, 1.82) is 0 Å². The minimum Gasteiger partial charge on any atom is -0.481 e. The first kappa shape index (κ1) is 17.2. The minimum atomic E-state index is -0.943. The maximum Gasteiger partial charge on any atom is 0.305 e. The number of rotatable bonds is 5. The first-order chi connectivity index (χ1) is 10.8. The van der Waals surface area contributed by atoms with Crippen molar-refractivity contribution in [2.24, 2.45) is 0 Å². The fourth-order valence-electron chi connectivity index (χ4n) is 2.28. The van der Waals surface area contributed by atoms with Gasteiger partial charge in [0.25, 0.3) is 5.91 Å². The smallest absolute Gasteiger partial charge is 0.305 e. The number of thiophene rings is 1. The molecule has 1 aromatic heterocycles. The van der Waals surface area contributed by atoms with Crippen LogP contribution in [0.3, 0.4) is 0 Å². The number of carboxylic acid groups (broad SMARTS) is 1. The molecule has 23 heavy (non-hydrogen) atoms. The topological polar surface area (TPSA) is 66.4 Å². The second-order valence-electron chi connectivity index (χ2n) is 6.47. The highest BCUT2D eigenvalue weighted by atomic mass is 32.1. The molecule has 122 valence electrons. The minimum absolute atomic E-state index is 0.0288. The van der Waals surface area contributed by atoms with Gasteiger partial charge in [0.05, 0.1) is 17.3 Å². The Hall–Kier alpha value is -2.14. The Bertz CT molecular complexity index is 669. The summed E-state index contributed by atoms with van der Waals surface area (Å²) in [5, 5.41) is 13.8. The summed E-state index contributed by atoms with van der Waals surface area (Å²) < 4.78 is 0. The number of carboxylic acids is 1. The van der Waals surface area contributed by atoms with E-state index in [1.54, 1.807) is 12.1 Å². The molecule has 1 amide bonds. The largest absolute Gasteiger partial charge is 0.481 e. The number of hydrogen-bond donors (Lipinski definition) is 2. The van der Waals surface area contributed by atoms with E-state index >= 15 is 0 Å². The van der Waals surface area contributed by atoms with Gasteiger partial charge in [-0.3, -0.25) is 9.59 Å². The summed E-state index contributed by atoms with van der Waals surface area (Å²) >= 11 is 1.33. The fourth-order valence-corrected chi connectivity index (χ4v) is 2.91. The maximum atomic E-state index is 12.2. The first-order valence-electron chi connectivity index (χ1n) is 7.44. The zero-order valence-electron chi connectivity index (χ0n) is 13.5. The number of nitrogens with one attached hydrogen (secondary N) is 1. The standard InChI is InChI=1S/C18H21NO3S/c1-18(2,3)13-8-6-12(7-9-13)14(11-16(20)21)19-17(22)15-5-4-10-23-15/h4-10,14H,11H2,1-3H3,(H,19,22)(H,20,21). The van der Waals surface area contributed by atoms with Crippen LogP contribution in [0.15, 0.2) is 41.8 Å². The number of hydrogen-bond acceptors (Lipinski definition) is 3. The van der Waals surface area contributed by atoms with Gasteiger partial charge in [0.2, 0.25) is 0 Å². The van der Waals surface area contributed by atoms with Crippen molar-refractivity contribution in [2.45, 2.75) is 38.6 Å². The number of carbonyl (C=O) groups is 2. The predicted molar refractivity (Wildman–Crippen MR) is 91.9 cm³/mol. The molecule has 2 aromatic rings. The van der Waals surface area contributed by atoms with Gasteiger partial charge in [-0.1, -0.05) is 51.1 Å². The molecule has 4 nitrogen and oxygen atoms in total. The Morgan fingerprint density at radius 2 is 1.83 bits per heavy atom. The SMILES string of the molecule is CC(C)(C)c1ccc(C(CC(=O)O)NC(=O)c2cccs2)cc1. The summed E-state index contributed by atoms with van der Waals surface area (Å²) in [5.41, 5.74) is 1.99. The van der Waals surface area contributed by atoms with Gasteiger partial charge in [-0.05, 0) is 28.0 Å². The van der Waals surface area contributed by atoms with Gasteiger partial charge in [0.1, 0.15) is 0 Å². The van der Waals surface area contributed by atoms with Crippen molar-refractivity contribution in [3.8, 4) is 0 Å². The molecule has 1 atom stereocenters. The van der Waals surface area contributed by atoms with Gasteiger partial charge < -0.3 is 10.4 Å². The van der Waals surface area contributed by atoms with Gasteiger partial charge in [0.15, 0.2) is 0 Å². The second kappa shape index (κ2) is 6.96. The molecule has 1 unspecified atom stereocenters. The number of aliphatic carboxylic acids is 1. The van der Waals surface area contributed by atoms with E-state index in [-0.39, 0.29) is 17.7 Å². The van der Waals surface area contributed by atoms with Gasteiger partial charge in [-0.25, -0.2) is 0 Å². The van der Waals surface area contributed by atoms with Crippen molar-refractivity contribution in [3.05, 3.63) is 57.8 Å². The lowest BCUT2D eigenvalue weighted by Gasteiger charge is -2.21. The van der Waals surface area contributed by atoms with Crippen LogP contribution in [0.2, 0.25) is 0 Å². The summed E-state index contributed by atoms with van der Waals surface area (Å²) in [6, 6.07) is 10.7. The Morgan fingerprint density at radius 3 is 2.30 bits per heavy atom. The van der Waals surface area contributed by atoms with Crippen LogP contribution in [0, 0.1) is 0 Å². The van der Waals surface area contributed by atoms with E-state index < -0.39 is 12.0 Å². The Balaban J connectivity index is 2.21. The third kappa shape index (κ3) is 4.66. The lowest BCUT2D eigenvalue weighted by atomic mass is 9.86. The van der Waals surface area contributed by atoms with Crippen molar-refractivity contribution >= 4 is 23.2 Å². The molecule has 0 radical (unpaired) electrons. The van der Waals surface area contributed by atoms with Crippen LogP contribution in [-0.4, -0.2) is 17.0 Å². The Labute approximate surface area is 140 Å². The van der Waals surface area contributed by atoms with E-state index in [0.29, 0.717) is 4.88 Å². The van der Waals surface area contributed by atoms with Gasteiger partial charge in [-0.15, -0.1) is 11.3 Å². The van der Waals surface area contributed by atoms with Crippen molar-refractivity contribution in [1.82, 2.24) is 5.32 Å². The van der Waals surface area contributed by atoms with Crippen LogP contribution < -0.4 is 5.32 Å². The summed E-state index contributed by atoms with van der Waals surface area (Å²) in [5.74, 6) is -1.19. The molecule has 0 aliphatic heterocycles. The van der Waals surface area contributed by atoms with Gasteiger partial charge >= 0.3 is 5.97 Å². The van der Waals surface area contributed by atoms with E-state index in [2.05, 4.69) is 26.1 Å². The lowest BCUT2D eigenvalue weighted by molar-refractivity contribution is -0.137. The highest BCUT2D eigenvalue weighted by molar-refractivity contribution is 7.12. The molecule has 2 rings (SSSR count). The molecular formula is C18H21NO3S. The summed E-state index contributed by atoms with van der Waals surface area (Å²) in [4.78, 5) is 23.9. The maximum absolute atomic E-state index is 12.2. The van der Waals surface area contributed by atoms with Crippen molar-refractivity contribution in [3.63, 3.8) is 0 Å². The molecule has 1 aromatic carbocycles. The molecule has 0 saturated carbocycles. The summed E-state index contributed by atoms with van der Waals surface area (Å²) in [7, 11) is 0. The predicted octanol–water partition coefficient (Wildman–Crippen LogP) is 3.99. The third-order valence-corrected chi connectivity index (χ3v) is 4.48. The quantitative estimate of drug-likeness (QED) is 0.870. The van der Waals surface area contributed by atoms with Gasteiger partial charge in [0, 0.05) is 0 Å². The molecule has 1 heterocycles. The molecule has 0 aliphatic rings. The fraction of sp³-hybridized carbons (Fsp3) is 0.333. The normalized spacial score (nSPS) is 12.7. The number of amides is 1. The first-order valence-corrected chi connectivity index (χ1v) is 8.32. The summed E-state index contributed by atoms with van der Waals surface area (Å²) in [6.45, 7) is 6.36. The lowest BCUT2D eigenvalue weighted by Crippen LogP contribution is -2.29. The van der Waals surface area contributed by atoms with E-state index in [1.807, 2.05) is 29.6 Å².